The number of nitrogens with one attached hydrogen (secondary N) is 3. The maximum absolute atomic E-state index is 15.4. The molecule has 0 saturated carbocycles. The molecule has 1 amide bonds. The summed E-state index contributed by atoms with van der Waals surface area (Å²) < 4.78 is 118. The summed E-state index contributed by atoms with van der Waals surface area (Å²) in [6, 6.07) is 27.6. The SMILES string of the molecule is C#CC#CC#CC#CC#CC#CC#CC#CC#CC#CC#COc1cc(COc2ccc3cc(COC(=O)CCC(=O)OC4C[C@H](n5cc(C)c(=O)[nH]c5=O)O[C@@H]4COP(=O)(OCCC#N)OC4C[C@H](n5cc(C)c(=O)[nH]c5=O)O[C@@H]4COP(=O)(OCCC#N)OC4C[C@H](n5cnc6c(NC(=O)c7ccccc7)ncnc65)O[C@@H]4CC)ccc3c2)cc(OC#CC#CC#CC#CC#CC#CC#CC#CC#CC#CC#C)c1. The van der Waals surface area contributed by atoms with Gasteiger partial charge in [0.25, 0.3) is 17.0 Å². The Balaban J connectivity index is 0.725. The number of aromatic amines is 2. The molecule has 11 rings (SSSR count). The number of rotatable bonds is 33. The number of amides is 1. The summed E-state index contributed by atoms with van der Waals surface area (Å²) in [5, 5.41) is 23.5. The van der Waals surface area contributed by atoms with Crippen molar-refractivity contribution in [3.63, 3.8) is 0 Å². The summed E-state index contributed by atoms with van der Waals surface area (Å²) in [6.07, 6.45) is 6.53. The predicted octanol–water partition coefficient (Wildman–Crippen LogP) is 8.12. The molecule has 4 aromatic heterocycles. The molecule has 3 saturated heterocycles. The molecule has 36 heteroatoms. The number of fused-ring (bicyclic) bond motifs is 2. The van der Waals surface area contributed by atoms with Gasteiger partial charge in [0.1, 0.15) is 92.1 Å². The molecule has 146 heavy (non-hydrogen) atoms. The Morgan fingerprint density at radius 3 is 1.38 bits per heavy atom. The Morgan fingerprint density at radius 1 is 0.473 bits per heavy atom. The van der Waals surface area contributed by atoms with Crippen LogP contribution < -0.4 is 42.0 Å². The Hall–Kier alpha value is -19.7. The van der Waals surface area contributed by atoms with Crippen LogP contribution in [0.1, 0.15) is 110 Å². The van der Waals surface area contributed by atoms with Gasteiger partial charge in [-0.2, -0.15) is 10.5 Å². The van der Waals surface area contributed by atoms with Crippen molar-refractivity contribution in [3.8, 4) is 291 Å². The number of aromatic nitrogens is 8. The Labute approximate surface area is 837 Å². The second-order valence-corrected chi connectivity index (χ2v) is 32.4. The van der Waals surface area contributed by atoms with Gasteiger partial charge in [0.2, 0.25) is 0 Å². The lowest BCUT2D eigenvalue weighted by molar-refractivity contribution is -0.156. The fourth-order valence-corrected chi connectivity index (χ4v) is 15.7. The number of nitriles is 2. The van der Waals surface area contributed by atoms with Crippen LogP contribution in [0.2, 0.25) is 0 Å². The molecular weight excluding hydrogens is 1910 g/mol. The predicted molar refractivity (Wildman–Crippen MR) is 525 cm³/mol. The maximum Gasteiger partial charge on any atom is 0.475 e. The van der Waals surface area contributed by atoms with Gasteiger partial charge >= 0.3 is 39.0 Å². The molecule has 11 atom stereocenters. The topological polar surface area (TPSA) is 428 Å². The largest absolute Gasteiger partial charge is 0.489 e. The zero-order chi connectivity index (χ0) is 103. The van der Waals surface area contributed by atoms with Crippen LogP contribution in [0.4, 0.5) is 5.82 Å². The first kappa shape index (κ1) is 107. The number of ether oxygens (including phenoxy) is 8. The smallest absolute Gasteiger partial charge is 0.475 e. The minimum atomic E-state index is -5.13. The van der Waals surface area contributed by atoms with Crippen LogP contribution in [0.25, 0.3) is 21.9 Å². The molecule has 3 aliphatic heterocycles. The van der Waals surface area contributed by atoms with Crippen LogP contribution in [0.15, 0.2) is 129 Å². The van der Waals surface area contributed by atoms with Crippen molar-refractivity contribution in [2.75, 3.05) is 31.7 Å². The van der Waals surface area contributed by atoms with Crippen LogP contribution in [0.5, 0.6) is 17.2 Å². The second kappa shape index (κ2) is 57.0. The number of terminal acetylenes is 2. The number of carbonyl (C=O) groups excluding carboxylic acids is 3. The zero-order valence-electron chi connectivity index (χ0n) is 77.0. The third-order valence-electron chi connectivity index (χ3n) is 19.3. The number of phosphoric ester groups is 2. The zero-order valence-corrected chi connectivity index (χ0v) is 78.8. The number of esters is 2. The van der Waals surface area contributed by atoms with E-state index in [9.17, 15) is 44.1 Å². The monoisotopic (exact) mass is 1970 g/mol. The van der Waals surface area contributed by atoms with E-state index in [1.54, 1.807) is 90.4 Å². The van der Waals surface area contributed by atoms with Crippen molar-refractivity contribution in [2.24, 2.45) is 0 Å². The molecule has 3 fully saturated rings. The first-order valence-electron chi connectivity index (χ1n) is 43.1. The fraction of sp³-hybridized carbons (Fsp3) is 0.236. The number of aryl methyl sites for hydroxylation is 2. The van der Waals surface area contributed by atoms with Gasteiger partial charge in [-0.15, -0.1) is 12.8 Å². The van der Waals surface area contributed by atoms with E-state index in [2.05, 4.69) is 279 Å². The first-order valence-corrected chi connectivity index (χ1v) is 46.0. The van der Waals surface area contributed by atoms with Crippen LogP contribution in [0, 0.1) is 298 Å². The van der Waals surface area contributed by atoms with Crippen molar-refractivity contribution in [1.29, 1.82) is 10.5 Å². The van der Waals surface area contributed by atoms with Gasteiger partial charge in [-0.25, -0.2) is 33.7 Å². The van der Waals surface area contributed by atoms with E-state index in [0.717, 1.165) is 19.9 Å². The number of benzene rings is 4. The number of nitrogens with zero attached hydrogens (tertiary/aromatic N) is 8. The van der Waals surface area contributed by atoms with Crippen molar-refractivity contribution >= 4 is 61.2 Å². The molecular formula is C110H69N11O23P2. The molecule has 3 aliphatic rings. The lowest BCUT2D eigenvalue weighted by Crippen LogP contribution is -2.33. The fourth-order valence-electron chi connectivity index (χ4n) is 12.9. The molecule has 5 unspecified atom stereocenters. The molecule has 0 radical (unpaired) electrons. The minimum Gasteiger partial charge on any atom is -0.489 e. The van der Waals surface area contributed by atoms with Crippen molar-refractivity contribution < 1.29 is 88.6 Å². The number of phosphoric acid groups is 2. The van der Waals surface area contributed by atoms with Crippen molar-refractivity contribution in [3.05, 3.63) is 179 Å². The quantitative estimate of drug-likeness (QED) is 0.0151. The Morgan fingerprint density at radius 2 is 0.904 bits per heavy atom. The van der Waals surface area contributed by atoms with E-state index in [-0.39, 0.29) is 84.9 Å². The third-order valence-corrected chi connectivity index (χ3v) is 22.3. The van der Waals surface area contributed by atoms with E-state index in [1.807, 2.05) is 12.1 Å². The summed E-state index contributed by atoms with van der Waals surface area (Å²) in [6.45, 7) is 1.64. The van der Waals surface area contributed by atoms with Crippen molar-refractivity contribution in [1.82, 2.24) is 38.6 Å². The highest BCUT2D eigenvalue weighted by atomic mass is 31.2. The van der Waals surface area contributed by atoms with Gasteiger partial charge < -0.3 is 43.2 Å². The third kappa shape index (κ3) is 34.4. The van der Waals surface area contributed by atoms with Crippen LogP contribution >= 0.6 is 15.6 Å². The lowest BCUT2D eigenvalue weighted by Gasteiger charge is -2.27. The number of hydrogen-bond acceptors (Lipinski definition) is 28. The van der Waals surface area contributed by atoms with E-state index in [4.69, 9.17) is 77.9 Å². The number of hydrogen-bond donors (Lipinski definition) is 3. The van der Waals surface area contributed by atoms with Gasteiger partial charge in [0.15, 0.2) is 17.0 Å². The first-order chi connectivity index (χ1) is 71.1. The molecule has 0 aliphatic carbocycles. The number of carbonyl (C=O) groups is 3. The van der Waals surface area contributed by atoms with Crippen molar-refractivity contribution in [2.45, 2.75) is 141 Å². The molecule has 712 valence electrons. The maximum atomic E-state index is 15.4. The summed E-state index contributed by atoms with van der Waals surface area (Å²) >= 11 is 0. The molecule has 3 N–H and O–H groups in total. The molecule has 0 bridgehead atoms. The van der Waals surface area contributed by atoms with Gasteiger partial charge in [-0.05, 0) is 179 Å². The summed E-state index contributed by atoms with van der Waals surface area (Å²) in [5.74, 6) is 97.7. The van der Waals surface area contributed by atoms with Crippen LogP contribution in [-0.4, -0.2) is 120 Å². The summed E-state index contributed by atoms with van der Waals surface area (Å²) in [7, 11) is -10.0. The van der Waals surface area contributed by atoms with E-state index in [0.29, 0.717) is 22.4 Å². The number of imidazole rings is 1. The highest BCUT2D eigenvalue weighted by Crippen LogP contribution is 2.57. The number of anilines is 1. The number of H-pyrrole nitrogens is 2. The van der Waals surface area contributed by atoms with E-state index >= 15 is 9.13 Å². The highest BCUT2D eigenvalue weighted by molar-refractivity contribution is 7.48. The summed E-state index contributed by atoms with van der Waals surface area (Å²) in [5.41, 5.74) is -1.18. The molecule has 34 nitrogen and oxygen atoms in total. The molecule has 8 aromatic rings. The molecule has 0 spiro atoms. The standard InChI is InChI=1S/C110H69N11O23P2/c1-6-9-11-13-15-17-19-21-23-25-27-29-31-33-35-37-39-41-43-48-62-131-90-67-85(68-91(70-90)132-63-49-44-42-40-38-36-34-32-30-28-26-24-22-20-18-16-14-12-10-7-2)77-133-89-57-56-87-66-84(54-55-88(87)69-89)76-134-101(122)58-59-102(123)142-93-71-98(119-74-82(4)106(124)117-109(119)127)140-96(93)78-137-146(130,136-65-51-61-112)144-95-73-99(120-75-83(5)107(125)118-110(120)128)141-97(95)79-138-145(129,135-64-50-60-111)143-94-72-100(139-92(94)8-3)121-81-115-103-104(113-80-114-105(103)121)116-108(126)86-52-46-45-47-53-86/h1-2,45-47,52-57,66-70,74-75,80-81,92-100H,8,50-51,58-59,64-65,71-73,76-79H2,3-5H3,(H,117,124,127)(H,118,125,128)(H,113,114,116,126)/t92-,93?,94?,95?,96-,97-,98-,99-,100-,145?,146?/m1/s1. The summed E-state index contributed by atoms with van der Waals surface area (Å²) in [4.78, 5) is 110. The normalized spacial score (nSPS) is 16.2. The Bertz CT molecular complexity index is 8250. The van der Waals surface area contributed by atoms with Crippen LogP contribution in [-0.2, 0) is 82.8 Å². The van der Waals surface area contributed by atoms with Gasteiger partial charge in [-0.3, -0.25) is 74.8 Å². The average molecular weight is 1970 g/mol. The average Bonchev–Trinajstić information content (AvgIpc) is 1.62. The van der Waals surface area contributed by atoms with Crippen LogP contribution in [0.3, 0.4) is 0 Å². The lowest BCUT2D eigenvalue weighted by atomic mass is 10.1. The second-order valence-electron chi connectivity index (χ2n) is 29.2. The highest BCUT2D eigenvalue weighted by Gasteiger charge is 2.49. The van der Waals surface area contributed by atoms with E-state index < -0.39 is 157 Å². The Kier molecular flexibility index (Phi) is 41.6. The van der Waals surface area contributed by atoms with E-state index in [1.165, 1.54) is 45.0 Å². The van der Waals surface area contributed by atoms with Gasteiger partial charge in [-0.1, -0.05) is 43.3 Å². The van der Waals surface area contributed by atoms with Gasteiger partial charge in [0.05, 0.1) is 82.8 Å². The molecule has 4 aromatic carbocycles. The minimum absolute atomic E-state index is 0.0159. The van der Waals surface area contributed by atoms with Gasteiger partial charge in [0, 0.05) is 197 Å². The molecule has 7 heterocycles.